The predicted octanol–water partition coefficient (Wildman–Crippen LogP) is 5.62. The molecule has 1 aliphatic rings. The number of rotatable bonds is 5. The zero-order chi connectivity index (χ0) is 17.9. The number of hydrogen-bond acceptors (Lipinski definition) is 1. The molecule has 2 aromatic rings. The Kier molecular flexibility index (Phi) is 5.58. The van der Waals surface area contributed by atoms with Crippen molar-refractivity contribution in [3.05, 3.63) is 71.0 Å². The zero-order valence-corrected chi connectivity index (χ0v) is 15.8. The van der Waals surface area contributed by atoms with E-state index >= 15 is 0 Å². The summed E-state index contributed by atoms with van der Waals surface area (Å²) < 4.78 is 13.2. The van der Waals surface area contributed by atoms with Gasteiger partial charge in [-0.2, -0.15) is 0 Å². The SMILES string of the molecule is CC(C)(C)CCCN1Cc2ccccc2CC1Cc1ccc(F)cc1. The Hall–Kier alpha value is -1.67. The third-order valence-electron chi connectivity index (χ3n) is 5.22. The third-order valence-corrected chi connectivity index (χ3v) is 5.22. The molecule has 3 rings (SSSR count). The van der Waals surface area contributed by atoms with E-state index in [0.717, 1.165) is 25.9 Å². The molecule has 2 aromatic carbocycles. The normalized spacial score (nSPS) is 18.2. The maximum absolute atomic E-state index is 13.2. The van der Waals surface area contributed by atoms with E-state index in [0.29, 0.717) is 11.5 Å². The van der Waals surface area contributed by atoms with Gasteiger partial charge in [0, 0.05) is 12.6 Å². The van der Waals surface area contributed by atoms with Gasteiger partial charge in [0.1, 0.15) is 5.82 Å². The molecule has 0 saturated heterocycles. The van der Waals surface area contributed by atoms with Crippen molar-refractivity contribution in [1.82, 2.24) is 4.90 Å². The molecule has 1 aliphatic heterocycles. The van der Waals surface area contributed by atoms with Crippen LogP contribution in [0.25, 0.3) is 0 Å². The van der Waals surface area contributed by atoms with Crippen LogP contribution < -0.4 is 0 Å². The molecule has 134 valence electrons. The van der Waals surface area contributed by atoms with Gasteiger partial charge in [-0.25, -0.2) is 4.39 Å². The Bertz CT molecular complexity index is 684. The van der Waals surface area contributed by atoms with E-state index in [9.17, 15) is 4.39 Å². The Morgan fingerprint density at radius 1 is 1.00 bits per heavy atom. The van der Waals surface area contributed by atoms with Crippen molar-refractivity contribution in [3.8, 4) is 0 Å². The molecule has 1 unspecified atom stereocenters. The highest BCUT2D eigenvalue weighted by Crippen LogP contribution is 2.27. The molecule has 0 amide bonds. The van der Waals surface area contributed by atoms with Crippen LogP contribution in [0.15, 0.2) is 48.5 Å². The van der Waals surface area contributed by atoms with Crippen LogP contribution in [0.5, 0.6) is 0 Å². The molecule has 0 fully saturated rings. The Morgan fingerprint density at radius 3 is 2.36 bits per heavy atom. The number of fused-ring (bicyclic) bond motifs is 1. The molecular formula is C23H30FN. The molecular weight excluding hydrogens is 309 g/mol. The Morgan fingerprint density at radius 2 is 1.68 bits per heavy atom. The molecule has 0 bridgehead atoms. The van der Waals surface area contributed by atoms with Crippen LogP contribution in [0, 0.1) is 11.2 Å². The minimum Gasteiger partial charge on any atom is -0.295 e. The molecule has 1 nitrogen and oxygen atoms in total. The van der Waals surface area contributed by atoms with Crippen LogP contribution >= 0.6 is 0 Å². The summed E-state index contributed by atoms with van der Waals surface area (Å²) in [7, 11) is 0. The Labute approximate surface area is 151 Å². The van der Waals surface area contributed by atoms with Crippen LogP contribution in [0.4, 0.5) is 4.39 Å². The molecule has 1 heterocycles. The minimum absolute atomic E-state index is 0.153. The fraction of sp³-hybridized carbons (Fsp3) is 0.478. The first-order valence-corrected chi connectivity index (χ1v) is 9.46. The van der Waals surface area contributed by atoms with Gasteiger partial charge >= 0.3 is 0 Å². The zero-order valence-electron chi connectivity index (χ0n) is 15.8. The van der Waals surface area contributed by atoms with Crippen molar-refractivity contribution in [3.63, 3.8) is 0 Å². The summed E-state index contributed by atoms with van der Waals surface area (Å²) in [5, 5.41) is 0. The smallest absolute Gasteiger partial charge is 0.123 e. The lowest BCUT2D eigenvalue weighted by atomic mass is 9.88. The first-order chi connectivity index (χ1) is 11.9. The summed E-state index contributed by atoms with van der Waals surface area (Å²) in [5.41, 5.74) is 4.56. The lowest BCUT2D eigenvalue weighted by molar-refractivity contribution is 0.159. The van der Waals surface area contributed by atoms with Crippen molar-refractivity contribution >= 4 is 0 Å². The molecule has 0 N–H and O–H groups in total. The van der Waals surface area contributed by atoms with Gasteiger partial charge in [0.15, 0.2) is 0 Å². The van der Waals surface area contributed by atoms with E-state index in [4.69, 9.17) is 0 Å². The molecule has 0 aromatic heterocycles. The molecule has 0 saturated carbocycles. The molecule has 25 heavy (non-hydrogen) atoms. The van der Waals surface area contributed by atoms with E-state index in [1.807, 2.05) is 12.1 Å². The summed E-state index contributed by atoms with van der Waals surface area (Å²) in [6, 6.07) is 16.3. The van der Waals surface area contributed by atoms with Crippen LogP contribution in [0.2, 0.25) is 0 Å². The first-order valence-electron chi connectivity index (χ1n) is 9.46. The van der Waals surface area contributed by atoms with Gasteiger partial charge in [-0.1, -0.05) is 57.2 Å². The monoisotopic (exact) mass is 339 g/mol. The number of nitrogens with zero attached hydrogens (tertiary/aromatic N) is 1. The Balaban J connectivity index is 1.72. The van der Waals surface area contributed by atoms with Crippen LogP contribution in [-0.2, 0) is 19.4 Å². The van der Waals surface area contributed by atoms with Crippen molar-refractivity contribution in [1.29, 1.82) is 0 Å². The maximum atomic E-state index is 13.2. The predicted molar refractivity (Wildman–Crippen MR) is 103 cm³/mol. The van der Waals surface area contributed by atoms with E-state index in [-0.39, 0.29) is 5.82 Å². The highest BCUT2D eigenvalue weighted by molar-refractivity contribution is 5.31. The summed E-state index contributed by atoms with van der Waals surface area (Å²) in [5.74, 6) is -0.153. The highest BCUT2D eigenvalue weighted by Gasteiger charge is 2.26. The van der Waals surface area contributed by atoms with Gasteiger partial charge in [0.25, 0.3) is 0 Å². The quantitative estimate of drug-likeness (QED) is 0.683. The average Bonchev–Trinajstić information content (AvgIpc) is 2.56. The summed E-state index contributed by atoms with van der Waals surface area (Å²) in [4.78, 5) is 2.64. The highest BCUT2D eigenvalue weighted by atomic mass is 19.1. The van der Waals surface area contributed by atoms with E-state index in [1.165, 1.54) is 29.5 Å². The van der Waals surface area contributed by atoms with Crippen LogP contribution in [-0.4, -0.2) is 17.5 Å². The summed E-state index contributed by atoms with van der Waals surface area (Å²) in [6.07, 6.45) is 4.55. The second-order valence-corrected chi connectivity index (χ2v) is 8.59. The molecule has 0 aliphatic carbocycles. The summed E-state index contributed by atoms with van der Waals surface area (Å²) in [6.45, 7) is 9.11. The number of hydrogen-bond donors (Lipinski definition) is 0. The molecule has 2 heteroatoms. The lowest BCUT2D eigenvalue weighted by Crippen LogP contribution is -2.42. The topological polar surface area (TPSA) is 3.24 Å². The average molecular weight is 339 g/mol. The van der Waals surface area contributed by atoms with Gasteiger partial charge in [0.05, 0.1) is 0 Å². The van der Waals surface area contributed by atoms with E-state index < -0.39 is 0 Å². The van der Waals surface area contributed by atoms with Gasteiger partial charge in [0.2, 0.25) is 0 Å². The van der Waals surface area contributed by atoms with E-state index in [1.54, 1.807) is 12.1 Å². The second kappa shape index (κ2) is 7.70. The molecule has 1 atom stereocenters. The van der Waals surface area contributed by atoms with Crippen molar-refractivity contribution in [2.75, 3.05) is 6.54 Å². The van der Waals surface area contributed by atoms with Crippen molar-refractivity contribution < 1.29 is 4.39 Å². The third kappa shape index (κ3) is 5.15. The van der Waals surface area contributed by atoms with E-state index in [2.05, 4.69) is 49.9 Å². The lowest BCUT2D eigenvalue weighted by Gasteiger charge is -2.37. The number of halogens is 1. The van der Waals surface area contributed by atoms with Crippen molar-refractivity contribution in [2.24, 2.45) is 5.41 Å². The van der Waals surface area contributed by atoms with Gasteiger partial charge in [-0.3, -0.25) is 4.90 Å². The standard InChI is InChI=1S/C23H30FN/c1-23(2,3)13-6-14-25-17-20-8-5-4-7-19(20)16-22(25)15-18-9-11-21(24)12-10-18/h4-5,7-12,22H,6,13-17H2,1-3H3. The summed E-state index contributed by atoms with van der Waals surface area (Å²) >= 11 is 0. The van der Waals surface area contributed by atoms with Crippen LogP contribution in [0.1, 0.15) is 50.3 Å². The number of benzene rings is 2. The van der Waals surface area contributed by atoms with Gasteiger partial charge in [-0.15, -0.1) is 0 Å². The maximum Gasteiger partial charge on any atom is 0.123 e. The molecule has 0 spiro atoms. The minimum atomic E-state index is -0.153. The fourth-order valence-corrected chi connectivity index (χ4v) is 3.81. The van der Waals surface area contributed by atoms with Gasteiger partial charge in [-0.05, 0) is 66.5 Å². The van der Waals surface area contributed by atoms with Crippen LogP contribution in [0.3, 0.4) is 0 Å². The molecule has 0 radical (unpaired) electrons. The van der Waals surface area contributed by atoms with Crippen molar-refractivity contribution in [2.45, 2.75) is 59.0 Å². The largest absolute Gasteiger partial charge is 0.295 e. The first kappa shape index (κ1) is 18.1. The second-order valence-electron chi connectivity index (χ2n) is 8.59. The van der Waals surface area contributed by atoms with Gasteiger partial charge < -0.3 is 0 Å². The fourth-order valence-electron chi connectivity index (χ4n) is 3.81.